The van der Waals surface area contributed by atoms with Crippen LogP contribution < -0.4 is 15.6 Å². The average molecular weight is 363 g/mol. The predicted molar refractivity (Wildman–Crippen MR) is 93.4 cm³/mol. The number of hydrogen-bond donors (Lipinski definition) is 2. The standard InChI is InChI=1S/C18H16ClFN2O3/c1-12-2-3-13(10-16(12)19)4-9-17(23)21-22-18(24)11-25-15-7-5-14(20)6-8-15/h2-10H,11H2,1H3,(H,21,23)(H,22,24)/b9-4+. The molecule has 7 heteroatoms. The highest BCUT2D eigenvalue weighted by atomic mass is 35.5. The third-order valence-electron chi connectivity index (χ3n) is 3.13. The second-order valence-electron chi connectivity index (χ2n) is 5.12. The van der Waals surface area contributed by atoms with Gasteiger partial charge in [0.25, 0.3) is 11.8 Å². The summed E-state index contributed by atoms with van der Waals surface area (Å²) in [5.74, 6) is -1.11. The summed E-state index contributed by atoms with van der Waals surface area (Å²) in [5, 5.41) is 0.605. The smallest absolute Gasteiger partial charge is 0.276 e. The summed E-state index contributed by atoms with van der Waals surface area (Å²) >= 11 is 6.00. The lowest BCUT2D eigenvalue weighted by Gasteiger charge is -2.07. The van der Waals surface area contributed by atoms with E-state index in [0.717, 1.165) is 11.1 Å². The van der Waals surface area contributed by atoms with Gasteiger partial charge in [0.2, 0.25) is 0 Å². The molecule has 0 heterocycles. The molecule has 0 aliphatic rings. The number of benzene rings is 2. The number of hydrazine groups is 1. The summed E-state index contributed by atoms with van der Waals surface area (Å²) in [6, 6.07) is 10.6. The number of aryl methyl sites for hydroxylation is 1. The van der Waals surface area contributed by atoms with Gasteiger partial charge in [-0.05, 0) is 54.5 Å². The maximum atomic E-state index is 12.7. The average Bonchev–Trinajstić information content (AvgIpc) is 2.60. The van der Waals surface area contributed by atoms with Gasteiger partial charge in [0.1, 0.15) is 11.6 Å². The molecule has 2 rings (SSSR count). The Hall–Kier alpha value is -2.86. The number of carbonyl (C=O) groups is 2. The first-order chi connectivity index (χ1) is 11.9. The molecule has 0 unspecified atom stereocenters. The number of hydrogen-bond acceptors (Lipinski definition) is 3. The van der Waals surface area contributed by atoms with E-state index in [4.69, 9.17) is 16.3 Å². The molecule has 5 nitrogen and oxygen atoms in total. The Bertz CT molecular complexity index is 791. The van der Waals surface area contributed by atoms with Crippen molar-refractivity contribution in [2.24, 2.45) is 0 Å². The Balaban J connectivity index is 1.75. The molecule has 0 saturated heterocycles. The fraction of sp³-hybridized carbons (Fsp3) is 0.111. The molecule has 0 radical (unpaired) electrons. The molecule has 2 amide bonds. The summed E-state index contributed by atoms with van der Waals surface area (Å²) in [6.07, 6.45) is 2.84. The molecule has 0 fully saturated rings. The highest BCUT2D eigenvalue weighted by Crippen LogP contribution is 2.17. The Morgan fingerprint density at radius 2 is 1.88 bits per heavy atom. The number of amides is 2. The lowest BCUT2D eigenvalue weighted by Crippen LogP contribution is -2.43. The third-order valence-corrected chi connectivity index (χ3v) is 3.54. The van der Waals surface area contributed by atoms with Gasteiger partial charge in [-0.3, -0.25) is 20.4 Å². The van der Waals surface area contributed by atoms with Gasteiger partial charge in [0, 0.05) is 11.1 Å². The molecule has 0 aromatic heterocycles. The Morgan fingerprint density at radius 3 is 2.56 bits per heavy atom. The minimum Gasteiger partial charge on any atom is -0.484 e. The molecule has 130 valence electrons. The number of halogens is 2. The van der Waals surface area contributed by atoms with Crippen LogP contribution in [-0.2, 0) is 9.59 Å². The summed E-state index contributed by atoms with van der Waals surface area (Å²) in [6.45, 7) is 1.56. The van der Waals surface area contributed by atoms with Crippen LogP contribution in [0.25, 0.3) is 6.08 Å². The lowest BCUT2D eigenvalue weighted by atomic mass is 10.1. The monoisotopic (exact) mass is 362 g/mol. The SMILES string of the molecule is Cc1ccc(/C=C/C(=O)NNC(=O)COc2ccc(F)cc2)cc1Cl. The van der Waals surface area contributed by atoms with Crippen molar-refractivity contribution in [2.45, 2.75) is 6.92 Å². The number of nitrogens with one attached hydrogen (secondary N) is 2. The zero-order chi connectivity index (χ0) is 18.2. The van der Waals surface area contributed by atoms with Gasteiger partial charge in [0.15, 0.2) is 6.61 Å². The predicted octanol–water partition coefficient (Wildman–Crippen LogP) is 3.03. The Kier molecular flexibility index (Phi) is 6.54. The van der Waals surface area contributed by atoms with E-state index in [1.807, 2.05) is 19.1 Å². The molecular formula is C18H16ClFN2O3. The second kappa shape index (κ2) is 8.84. The zero-order valence-electron chi connectivity index (χ0n) is 13.4. The van der Waals surface area contributed by atoms with Crippen molar-refractivity contribution in [3.05, 3.63) is 70.5 Å². The first-order valence-corrected chi connectivity index (χ1v) is 7.73. The van der Waals surface area contributed by atoms with Crippen molar-refractivity contribution in [3.8, 4) is 5.75 Å². The van der Waals surface area contributed by atoms with Crippen molar-refractivity contribution >= 4 is 29.5 Å². The summed E-state index contributed by atoms with van der Waals surface area (Å²) in [5.41, 5.74) is 6.13. The van der Waals surface area contributed by atoms with Crippen LogP contribution in [-0.4, -0.2) is 18.4 Å². The van der Waals surface area contributed by atoms with Crippen LogP contribution in [0.4, 0.5) is 4.39 Å². The van der Waals surface area contributed by atoms with E-state index < -0.39 is 17.6 Å². The van der Waals surface area contributed by atoms with Crippen LogP contribution in [0.1, 0.15) is 11.1 Å². The van der Waals surface area contributed by atoms with E-state index in [-0.39, 0.29) is 6.61 Å². The number of ether oxygens (including phenoxy) is 1. The minimum absolute atomic E-state index is 0.316. The summed E-state index contributed by atoms with van der Waals surface area (Å²) in [4.78, 5) is 23.2. The zero-order valence-corrected chi connectivity index (χ0v) is 14.1. The molecule has 25 heavy (non-hydrogen) atoms. The van der Waals surface area contributed by atoms with E-state index in [1.165, 1.54) is 30.3 Å². The molecule has 2 aromatic carbocycles. The largest absolute Gasteiger partial charge is 0.484 e. The van der Waals surface area contributed by atoms with Crippen LogP contribution >= 0.6 is 11.6 Å². The van der Waals surface area contributed by atoms with E-state index in [1.54, 1.807) is 12.1 Å². The maximum absolute atomic E-state index is 12.7. The van der Waals surface area contributed by atoms with Crippen LogP contribution in [0.2, 0.25) is 5.02 Å². The summed E-state index contributed by atoms with van der Waals surface area (Å²) in [7, 11) is 0. The van der Waals surface area contributed by atoms with Crippen LogP contribution in [0.5, 0.6) is 5.75 Å². The fourth-order valence-corrected chi connectivity index (χ4v) is 1.96. The van der Waals surface area contributed by atoms with Crippen molar-refractivity contribution in [1.29, 1.82) is 0 Å². The van der Waals surface area contributed by atoms with E-state index in [2.05, 4.69) is 10.9 Å². The lowest BCUT2D eigenvalue weighted by molar-refractivity contribution is -0.128. The molecule has 0 aliphatic heterocycles. The topological polar surface area (TPSA) is 67.4 Å². The molecule has 0 saturated carbocycles. The van der Waals surface area contributed by atoms with Gasteiger partial charge in [0.05, 0.1) is 0 Å². The molecule has 0 bridgehead atoms. The van der Waals surface area contributed by atoms with Gasteiger partial charge in [-0.15, -0.1) is 0 Å². The van der Waals surface area contributed by atoms with E-state index in [0.29, 0.717) is 10.8 Å². The van der Waals surface area contributed by atoms with Crippen molar-refractivity contribution in [1.82, 2.24) is 10.9 Å². The van der Waals surface area contributed by atoms with Gasteiger partial charge in [-0.1, -0.05) is 23.7 Å². The van der Waals surface area contributed by atoms with Gasteiger partial charge in [-0.2, -0.15) is 0 Å². The highest BCUT2D eigenvalue weighted by Gasteiger charge is 2.04. The maximum Gasteiger partial charge on any atom is 0.276 e. The first kappa shape index (κ1) is 18.5. The van der Waals surface area contributed by atoms with Gasteiger partial charge >= 0.3 is 0 Å². The van der Waals surface area contributed by atoms with Crippen molar-refractivity contribution < 1.29 is 18.7 Å². The van der Waals surface area contributed by atoms with E-state index >= 15 is 0 Å². The Morgan fingerprint density at radius 1 is 1.16 bits per heavy atom. The molecular weight excluding hydrogens is 347 g/mol. The first-order valence-electron chi connectivity index (χ1n) is 7.35. The Labute approximate surface area is 149 Å². The number of carbonyl (C=O) groups excluding carboxylic acids is 2. The van der Waals surface area contributed by atoms with Crippen LogP contribution in [0.15, 0.2) is 48.5 Å². The minimum atomic E-state index is -0.551. The highest BCUT2D eigenvalue weighted by molar-refractivity contribution is 6.31. The second-order valence-corrected chi connectivity index (χ2v) is 5.53. The molecule has 0 aliphatic carbocycles. The van der Waals surface area contributed by atoms with Crippen LogP contribution in [0, 0.1) is 12.7 Å². The van der Waals surface area contributed by atoms with Crippen LogP contribution in [0.3, 0.4) is 0 Å². The third kappa shape index (κ3) is 6.27. The van der Waals surface area contributed by atoms with Gasteiger partial charge in [-0.25, -0.2) is 4.39 Å². The van der Waals surface area contributed by atoms with E-state index in [9.17, 15) is 14.0 Å². The fourth-order valence-electron chi connectivity index (χ4n) is 1.77. The number of rotatable bonds is 5. The van der Waals surface area contributed by atoms with Crippen molar-refractivity contribution in [3.63, 3.8) is 0 Å². The van der Waals surface area contributed by atoms with Gasteiger partial charge < -0.3 is 4.74 Å². The molecule has 2 N–H and O–H groups in total. The normalized spacial score (nSPS) is 10.5. The summed E-state index contributed by atoms with van der Waals surface area (Å²) < 4.78 is 17.9. The molecule has 0 spiro atoms. The van der Waals surface area contributed by atoms with Crippen molar-refractivity contribution in [2.75, 3.05) is 6.61 Å². The quantitative estimate of drug-likeness (QED) is 0.634. The molecule has 0 atom stereocenters. The molecule has 2 aromatic rings.